The first-order valence-corrected chi connectivity index (χ1v) is 9.76. The molecule has 1 amide bonds. The first-order valence-electron chi connectivity index (χ1n) is 9.76. The molecular formula is C24H20F3N3O. The molecule has 3 aromatic rings. The summed E-state index contributed by atoms with van der Waals surface area (Å²) in [7, 11) is 0. The van der Waals surface area contributed by atoms with Crippen molar-refractivity contribution in [2.45, 2.75) is 33.4 Å². The lowest BCUT2D eigenvalue weighted by atomic mass is 9.96. The third-order valence-electron chi connectivity index (χ3n) is 5.47. The second kappa shape index (κ2) is 7.65. The third kappa shape index (κ3) is 4.08. The van der Waals surface area contributed by atoms with Crippen LogP contribution in [0, 0.1) is 20.8 Å². The number of alkyl halides is 3. The molecular weight excluding hydrogens is 403 g/mol. The second-order valence-corrected chi connectivity index (χ2v) is 7.62. The summed E-state index contributed by atoms with van der Waals surface area (Å²) in [5.74, 6) is -0.407. The largest absolute Gasteiger partial charge is 0.416 e. The fourth-order valence-electron chi connectivity index (χ4n) is 3.71. The molecule has 1 aromatic heterocycles. The Kier molecular flexibility index (Phi) is 5.13. The van der Waals surface area contributed by atoms with Gasteiger partial charge in [0.2, 0.25) is 5.91 Å². The van der Waals surface area contributed by atoms with E-state index in [2.05, 4.69) is 15.3 Å². The lowest BCUT2D eigenvalue weighted by Crippen LogP contribution is -2.15. The highest BCUT2D eigenvalue weighted by molar-refractivity contribution is 6.17. The van der Waals surface area contributed by atoms with E-state index in [-0.39, 0.29) is 17.7 Å². The number of carbonyl (C=O) groups is 1. The second-order valence-electron chi connectivity index (χ2n) is 7.62. The average Bonchev–Trinajstić information content (AvgIpc) is 2.86. The van der Waals surface area contributed by atoms with Crippen LogP contribution in [0.5, 0.6) is 0 Å². The maximum absolute atomic E-state index is 13.3. The number of fused-ring (bicyclic) bond motifs is 1. The van der Waals surface area contributed by atoms with Gasteiger partial charge in [0.05, 0.1) is 29.1 Å². The smallest absolute Gasteiger partial charge is 0.324 e. The number of pyridine rings is 1. The van der Waals surface area contributed by atoms with Gasteiger partial charge in [-0.1, -0.05) is 18.2 Å². The number of amides is 1. The lowest BCUT2D eigenvalue weighted by molar-refractivity contribution is -0.138. The number of rotatable bonds is 2. The molecule has 1 N–H and O–H groups in total. The van der Waals surface area contributed by atoms with E-state index < -0.39 is 17.6 Å². The Hall–Kier alpha value is -3.48. The molecule has 0 bridgehead atoms. The highest BCUT2D eigenvalue weighted by Crippen LogP contribution is 2.39. The van der Waals surface area contributed by atoms with Crippen LogP contribution in [0.2, 0.25) is 0 Å². The van der Waals surface area contributed by atoms with Crippen molar-refractivity contribution in [1.29, 1.82) is 0 Å². The Balaban J connectivity index is 1.81. The zero-order valence-electron chi connectivity index (χ0n) is 17.3. The van der Waals surface area contributed by atoms with Gasteiger partial charge in [-0.25, -0.2) is 0 Å². The van der Waals surface area contributed by atoms with Crippen molar-refractivity contribution in [1.82, 2.24) is 4.98 Å². The number of anilines is 1. The molecule has 0 saturated heterocycles. The average molecular weight is 423 g/mol. The van der Waals surface area contributed by atoms with Crippen molar-refractivity contribution < 1.29 is 18.0 Å². The van der Waals surface area contributed by atoms with Crippen molar-refractivity contribution in [3.8, 4) is 11.1 Å². The fraction of sp³-hybridized carbons (Fsp3) is 0.208. The van der Waals surface area contributed by atoms with Crippen LogP contribution in [-0.2, 0) is 11.0 Å². The Morgan fingerprint density at radius 2 is 1.74 bits per heavy atom. The summed E-state index contributed by atoms with van der Waals surface area (Å²) >= 11 is 0. The van der Waals surface area contributed by atoms with E-state index in [0.29, 0.717) is 11.4 Å². The summed E-state index contributed by atoms with van der Waals surface area (Å²) in [6, 6.07) is 11.9. The molecule has 31 heavy (non-hydrogen) atoms. The number of halogens is 3. The van der Waals surface area contributed by atoms with Gasteiger partial charge in [0, 0.05) is 11.9 Å². The lowest BCUT2D eigenvalue weighted by Gasteiger charge is -2.13. The van der Waals surface area contributed by atoms with Crippen molar-refractivity contribution in [3.05, 3.63) is 76.6 Å². The van der Waals surface area contributed by atoms with Gasteiger partial charge in [-0.15, -0.1) is 0 Å². The van der Waals surface area contributed by atoms with Crippen LogP contribution >= 0.6 is 0 Å². The molecule has 4 rings (SSSR count). The molecule has 2 heterocycles. The molecule has 0 saturated carbocycles. The van der Waals surface area contributed by atoms with Crippen LogP contribution in [0.3, 0.4) is 0 Å². The van der Waals surface area contributed by atoms with Gasteiger partial charge in [-0.05, 0) is 72.9 Å². The number of carbonyl (C=O) groups excluding carboxylic acids is 1. The minimum atomic E-state index is -4.50. The molecule has 158 valence electrons. The summed E-state index contributed by atoms with van der Waals surface area (Å²) < 4.78 is 39.8. The predicted molar refractivity (Wildman–Crippen MR) is 115 cm³/mol. The zero-order valence-corrected chi connectivity index (χ0v) is 17.3. The molecule has 4 nitrogen and oxygen atoms in total. The van der Waals surface area contributed by atoms with E-state index in [4.69, 9.17) is 0 Å². The van der Waals surface area contributed by atoms with E-state index >= 15 is 0 Å². The molecule has 7 heteroatoms. The van der Waals surface area contributed by atoms with Crippen LogP contribution in [-0.4, -0.2) is 16.6 Å². The topological polar surface area (TPSA) is 54.4 Å². The Bertz CT molecular complexity index is 1230. The number of nitrogens with zero attached hydrogens (tertiary/aromatic N) is 2. The minimum Gasteiger partial charge on any atom is -0.324 e. The van der Waals surface area contributed by atoms with Gasteiger partial charge in [0.1, 0.15) is 0 Å². The zero-order chi connectivity index (χ0) is 22.3. The maximum Gasteiger partial charge on any atom is 0.416 e. The molecule has 0 fully saturated rings. The van der Waals surface area contributed by atoms with Gasteiger partial charge >= 0.3 is 6.18 Å². The van der Waals surface area contributed by atoms with Gasteiger partial charge in [0.15, 0.2) is 0 Å². The monoisotopic (exact) mass is 423 g/mol. The van der Waals surface area contributed by atoms with Crippen LogP contribution in [0.1, 0.15) is 34.4 Å². The van der Waals surface area contributed by atoms with E-state index in [0.717, 1.165) is 34.0 Å². The number of hydrogen-bond donors (Lipinski definition) is 1. The number of aryl methyl sites for hydroxylation is 2. The van der Waals surface area contributed by atoms with E-state index in [1.165, 1.54) is 13.0 Å². The normalized spacial score (nSPS) is 13.9. The third-order valence-corrected chi connectivity index (χ3v) is 5.47. The summed E-state index contributed by atoms with van der Waals surface area (Å²) in [4.78, 5) is 21.3. The predicted octanol–water partition coefficient (Wildman–Crippen LogP) is 6.16. The number of aliphatic imine (C=N–C) groups is 1. The highest BCUT2D eigenvalue weighted by Gasteiger charge is 2.34. The maximum atomic E-state index is 13.3. The van der Waals surface area contributed by atoms with Gasteiger partial charge in [-0.3, -0.25) is 14.8 Å². The summed E-state index contributed by atoms with van der Waals surface area (Å²) in [5.41, 5.74) is 4.86. The van der Waals surface area contributed by atoms with E-state index in [1.54, 1.807) is 6.20 Å². The number of aromatic nitrogens is 1. The number of hydrogen-bond acceptors (Lipinski definition) is 3. The van der Waals surface area contributed by atoms with Crippen molar-refractivity contribution >= 4 is 23.0 Å². The Labute approximate surface area is 177 Å². The minimum absolute atomic E-state index is 0.0348. The van der Waals surface area contributed by atoms with Crippen LogP contribution < -0.4 is 5.32 Å². The van der Waals surface area contributed by atoms with E-state index in [1.807, 2.05) is 44.2 Å². The molecule has 0 atom stereocenters. The van der Waals surface area contributed by atoms with Crippen LogP contribution in [0.15, 0.2) is 53.7 Å². The fourth-order valence-corrected chi connectivity index (χ4v) is 3.71. The van der Waals surface area contributed by atoms with Crippen molar-refractivity contribution in [2.75, 3.05) is 5.32 Å². The Morgan fingerprint density at radius 3 is 2.48 bits per heavy atom. The first-order chi connectivity index (χ1) is 14.6. The molecule has 0 radical (unpaired) electrons. The Morgan fingerprint density at radius 1 is 1.00 bits per heavy atom. The summed E-state index contributed by atoms with van der Waals surface area (Å²) in [5, 5.41) is 2.56. The van der Waals surface area contributed by atoms with E-state index in [9.17, 15) is 18.0 Å². The van der Waals surface area contributed by atoms with Gasteiger partial charge in [-0.2, -0.15) is 13.2 Å². The molecule has 0 unspecified atom stereocenters. The SMILES string of the molecule is Cc1cc2c(cc1C(F)(F)F)NC(=O)CC(c1cccc(-c3ccnc(C)c3C)c1)=N2. The van der Waals surface area contributed by atoms with Crippen molar-refractivity contribution in [2.24, 2.45) is 4.99 Å². The molecule has 0 spiro atoms. The quantitative estimate of drug-likeness (QED) is 0.537. The summed E-state index contributed by atoms with van der Waals surface area (Å²) in [6.07, 6.45) is -2.79. The van der Waals surface area contributed by atoms with Gasteiger partial charge in [0.25, 0.3) is 0 Å². The molecule has 2 aromatic carbocycles. The molecule has 1 aliphatic rings. The molecule has 1 aliphatic heterocycles. The van der Waals surface area contributed by atoms with Crippen molar-refractivity contribution in [3.63, 3.8) is 0 Å². The summed E-state index contributed by atoms with van der Waals surface area (Å²) in [6.45, 7) is 5.33. The standard InChI is InChI=1S/C24H20F3N3O/c1-13-9-21-22(11-19(13)24(25,26)27)30-23(31)12-20(29-21)17-6-4-5-16(10-17)18-7-8-28-15(3)14(18)2/h4-11H,12H2,1-3H3,(H,30,31). The molecule has 0 aliphatic carbocycles. The highest BCUT2D eigenvalue weighted by atomic mass is 19.4. The first kappa shape index (κ1) is 20.8. The van der Waals surface area contributed by atoms with Crippen LogP contribution in [0.4, 0.5) is 24.5 Å². The number of nitrogens with one attached hydrogen (secondary N) is 1. The van der Waals surface area contributed by atoms with Gasteiger partial charge < -0.3 is 5.32 Å². The van der Waals surface area contributed by atoms with Crippen LogP contribution in [0.25, 0.3) is 11.1 Å². The number of benzene rings is 2.